The third-order valence-electron chi connectivity index (χ3n) is 3.79. The van der Waals surface area contributed by atoms with E-state index in [1.807, 2.05) is 0 Å². The van der Waals surface area contributed by atoms with Crippen molar-refractivity contribution in [2.24, 2.45) is 0 Å². The van der Waals surface area contributed by atoms with Crippen molar-refractivity contribution in [1.82, 2.24) is 20.4 Å². The minimum atomic E-state index is -4.67. The first-order valence-electron chi connectivity index (χ1n) is 8.37. The number of nitrogens with zero attached hydrogens (tertiary/aromatic N) is 4. The molecule has 3 N–H and O–H groups in total. The van der Waals surface area contributed by atoms with Crippen molar-refractivity contribution in [3.8, 4) is 0 Å². The number of hydrazine groups is 1. The number of hydrogen-bond acceptors (Lipinski definition) is 8. The lowest BCUT2D eigenvalue weighted by Crippen LogP contribution is -2.30. The molecule has 0 fully saturated rings. The van der Waals surface area contributed by atoms with Crippen LogP contribution in [0.25, 0.3) is 0 Å². The molecule has 0 atom stereocenters. The van der Waals surface area contributed by atoms with Crippen molar-refractivity contribution in [1.29, 1.82) is 0 Å². The van der Waals surface area contributed by atoms with E-state index in [9.17, 15) is 28.1 Å². The molecule has 0 aliphatic rings. The van der Waals surface area contributed by atoms with Gasteiger partial charge in [0.25, 0.3) is 5.91 Å². The fraction of sp³-hybridized carbons (Fsp3) is 0.0588. The van der Waals surface area contributed by atoms with E-state index in [2.05, 4.69) is 31.1 Å². The van der Waals surface area contributed by atoms with Gasteiger partial charge in [0.05, 0.1) is 15.5 Å². The minimum Gasteiger partial charge on any atom is -0.318 e. The lowest BCUT2D eigenvalue weighted by Gasteiger charge is -2.12. The summed E-state index contributed by atoms with van der Waals surface area (Å²) in [5.74, 6) is -1.82. The van der Waals surface area contributed by atoms with Crippen LogP contribution >= 0.6 is 23.2 Å². The predicted molar refractivity (Wildman–Crippen MR) is 109 cm³/mol. The minimum absolute atomic E-state index is 0.167. The summed E-state index contributed by atoms with van der Waals surface area (Å²) in [7, 11) is 0. The zero-order chi connectivity index (χ0) is 23.5. The second-order valence-electron chi connectivity index (χ2n) is 5.94. The molecule has 0 saturated heterocycles. The number of rotatable bonds is 6. The highest BCUT2D eigenvalue weighted by atomic mass is 35.5. The normalized spacial score (nSPS) is 11.0. The van der Waals surface area contributed by atoms with E-state index >= 15 is 0 Å². The lowest BCUT2D eigenvalue weighted by molar-refractivity contribution is -0.383. The van der Waals surface area contributed by atoms with Gasteiger partial charge < -0.3 is 5.32 Å². The molecule has 0 spiro atoms. The van der Waals surface area contributed by atoms with Crippen LogP contribution in [-0.2, 0) is 6.18 Å². The molecule has 15 heteroatoms. The maximum atomic E-state index is 12.8. The number of amides is 1. The first kappa shape index (κ1) is 23.0. The maximum absolute atomic E-state index is 12.8. The smallest absolute Gasteiger partial charge is 0.318 e. The van der Waals surface area contributed by atoms with Crippen molar-refractivity contribution >= 4 is 52.3 Å². The number of benzene rings is 1. The molecule has 2 heterocycles. The topological polar surface area (TPSA) is 135 Å². The quantitative estimate of drug-likeness (QED) is 0.338. The first-order chi connectivity index (χ1) is 15.1. The number of nitro groups is 1. The van der Waals surface area contributed by atoms with Gasteiger partial charge in [-0.25, -0.2) is 15.0 Å². The van der Waals surface area contributed by atoms with E-state index in [1.165, 1.54) is 18.2 Å². The second kappa shape index (κ2) is 9.20. The number of aromatic nitrogens is 3. The molecular weight excluding hydrogens is 478 g/mol. The molecule has 2 aromatic heterocycles. The van der Waals surface area contributed by atoms with E-state index in [-0.39, 0.29) is 11.4 Å². The van der Waals surface area contributed by atoms with Crippen LogP contribution in [0.5, 0.6) is 0 Å². The van der Waals surface area contributed by atoms with Gasteiger partial charge in [-0.2, -0.15) is 13.2 Å². The van der Waals surface area contributed by atoms with Crippen molar-refractivity contribution in [3.63, 3.8) is 0 Å². The zero-order valence-electron chi connectivity index (χ0n) is 15.4. The van der Waals surface area contributed by atoms with Gasteiger partial charge in [-0.1, -0.05) is 29.3 Å². The molecule has 0 bridgehead atoms. The number of alkyl halides is 3. The second-order valence-corrected chi connectivity index (χ2v) is 6.79. The number of anilines is 3. The van der Waals surface area contributed by atoms with Gasteiger partial charge in [-0.05, 0) is 24.3 Å². The monoisotopic (exact) mass is 487 g/mol. The SMILES string of the molecule is O=C(NNc1ncnc(Nc2ncc(C(F)(F)F)cc2Cl)c1[N+](=O)[O-])c1cccc(Cl)c1. The summed E-state index contributed by atoms with van der Waals surface area (Å²) < 4.78 is 38.3. The van der Waals surface area contributed by atoms with Crippen molar-refractivity contribution < 1.29 is 22.9 Å². The third-order valence-corrected chi connectivity index (χ3v) is 4.31. The fourth-order valence-electron chi connectivity index (χ4n) is 2.35. The summed E-state index contributed by atoms with van der Waals surface area (Å²) in [6, 6.07) is 6.53. The molecule has 32 heavy (non-hydrogen) atoms. The molecule has 3 aromatic rings. The van der Waals surface area contributed by atoms with Gasteiger partial charge in [0.1, 0.15) is 6.33 Å². The molecule has 3 rings (SSSR count). The van der Waals surface area contributed by atoms with Crippen molar-refractivity contribution in [2.75, 3.05) is 10.7 Å². The Morgan fingerprint density at radius 2 is 1.78 bits per heavy atom. The van der Waals surface area contributed by atoms with Gasteiger partial charge in [-0.15, -0.1) is 0 Å². The predicted octanol–water partition coefficient (Wildman–Crippen LogP) is 4.61. The summed E-state index contributed by atoms with van der Waals surface area (Å²) in [6.07, 6.45) is -3.25. The lowest BCUT2D eigenvalue weighted by atomic mass is 10.2. The molecule has 0 aliphatic carbocycles. The summed E-state index contributed by atoms with van der Waals surface area (Å²) in [5.41, 5.74) is 2.87. The average molecular weight is 488 g/mol. The van der Waals surface area contributed by atoms with Gasteiger partial charge in [0, 0.05) is 16.8 Å². The Labute approximate surface area is 186 Å². The van der Waals surface area contributed by atoms with Gasteiger partial charge >= 0.3 is 11.9 Å². The summed E-state index contributed by atoms with van der Waals surface area (Å²) in [5, 5.41) is 13.8. The maximum Gasteiger partial charge on any atom is 0.417 e. The molecule has 1 amide bonds. The molecule has 0 radical (unpaired) electrons. The van der Waals surface area contributed by atoms with E-state index in [1.54, 1.807) is 6.07 Å². The standard InChI is InChI=1S/C17H10Cl2F3N7O3/c18-10-3-1-2-8(4-10)16(30)28-27-15-12(29(31)32)14(24-7-25-15)26-13-11(19)5-9(6-23-13)17(20,21)22/h1-7H,(H,28,30)(H2,23,24,25,26,27). The number of nitrogens with one attached hydrogen (secondary N) is 3. The zero-order valence-corrected chi connectivity index (χ0v) is 17.0. The largest absolute Gasteiger partial charge is 0.417 e. The molecule has 166 valence electrons. The molecule has 1 aromatic carbocycles. The Bertz CT molecular complexity index is 1190. The van der Waals surface area contributed by atoms with Crippen molar-refractivity contribution in [3.05, 3.63) is 74.1 Å². The Balaban J connectivity index is 1.85. The Morgan fingerprint density at radius 1 is 1.06 bits per heavy atom. The van der Waals surface area contributed by atoms with E-state index in [0.29, 0.717) is 17.3 Å². The van der Waals surface area contributed by atoms with Crippen LogP contribution < -0.4 is 16.2 Å². The Hall–Kier alpha value is -3.71. The molecular formula is C17H10Cl2F3N7O3. The first-order valence-corrected chi connectivity index (χ1v) is 9.13. The van der Waals surface area contributed by atoms with Crippen LogP contribution in [0, 0.1) is 10.1 Å². The highest BCUT2D eigenvalue weighted by molar-refractivity contribution is 6.33. The number of pyridine rings is 1. The van der Waals surface area contributed by atoms with E-state index < -0.39 is 44.9 Å². The van der Waals surface area contributed by atoms with Crippen molar-refractivity contribution in [2.45, 2.75) is 6.18 Å². The van der Waals surface area contributed by atoms with E-state index in [0.717, 1.165) is 6.33 Å². The van der Waals surface area contributed by atoms with Gasteiger partial charge in [-0.3, -0.25) is 25.8 Å². The van der Waals surface area contributed by atoms with Crippen LogP contribution in [0.2, 0.25) is 10.0 Å². The van der Waals surface area contributed by atoms with Gasteiger partial charge in [0.15, 0.2) is 5.82 Å². The van der Waals surface area contributed by atoms with Crippen LogP contribution in [0.1, 0.15) is 15.9 Å². The van der Waals surface area contributed by atoms with Crippen LogP contribution in [-0.4, -0.2) is 25.8 Å². The van der Waals surface area contributed by atoms with E-state index in [4.69, 9.17) is 23.2 Å². The Morgan fingerprint density at radius 3 is 2.41 bits per heavy atom. The summed E-state index contributed by atoms with van der Waals surface area (Å²) in [6.45, 7) is 0. The molecule has 10 nitrogen and oxygen atoms in total. The molecule has 0 aliphatic heterocycles. The summed E-state index contributed by atoms with van der Waals surface area (Å²) >= 11 is 11.6. The fourth-order valence-corrected chi connectivity index (χ4v) is 2.75. The number of carbonyl (C=O) groups is 1. The van der Waals surface area contributed by atoms with Gasteiger partial charge in [0.2, 0.25) is 11.6 Å². The average Bonchev–Trinajstić information content (AvgIpc) is 2.72. The highest BCUT2D eigenvalue weighted by Crippen LogP contribution is 2.35. The number of carbonyl (C=O) groups excluding carboxylic acids is 1. The molecule has 0 unspecified atom stereocenters. The Kier molecular flexibility index (Phi) is 6.60. The van der Waals surface area contributed by atoms with Crippen LogP contribution in [0.4, 0.5) is 36.3 Å². The van der Waals surface area contributed by atoms with Crippen LogP contribution in [0.3, 0.4) is 0 Å². The van der Waals surface area contributed by atoms with Crippen LogP contribution in [0.15, 0.2) is 42.9 Å². The summed E-state index contributed by atoms with van der Waals surface area (Å²) in [4.78, 5) is 33.9. The molecule has 0 saturated carbocycles. The third kappa shape index (κ3) is 5.31. The number of hydrogen-bond donors (Lipinski definition) is 3. The number of halogens is 5. The highest BCUT2D eigenvalue weighted by Gasteiger charge is 2.32.